The second kappa shape index (κ2) is 15.0. The number of carbonyl (C=O) groups is 3. The fourth-order valence-electron chi connectivity index (χ4n) is 5.75. The lowest BCUT2D eigenvalue weighted by atomic mass is 9.84. The van der Waals surface area contributed by atoms with Gasteiger partial charge in [0, 0.05) is 17.0 Å². The fraction of sp³-hybridized carbons (Fsp3) is 0.211. The van der Waals surface area contributed by atoms with E-state index in [1.807, 2.05) is 116 Å². The zero-order valence-corrected chi connectivity index (χ0v) is 25.8. The Bertz CT molecular complexity index is 1720. The zero-order chi connectivity index (χ0) is 32.5. The molecule has 5 rings (SSSR count). The zero-order valence-electron chi connectivity index (χ0n) is 25.8. The summed E-state index contributed by atoms with van der Waals surface area (Å²) in [6.45, 7) is 5.87. The molecule has 3 atom stereocenters. The number of amides is 3. The number of rotatable bonds is 13. The van der Waals surface area contributed by atoms with Gasteiger partial charge >= 0.3 is 0 Å². The quantitative estimate of drug-likeness (QED) is 0.170. The molecular weight excluding hydrogens is 576 g/mol. The van der Waals surface area contributed by atoms with Crippen molar-refractivity contribution in [3.8, 4) is 11.5 Å². The number of fused-ring (bicyclic) bond motifs is 1. The van der Waals surface area contributed by atoms with Crippen LogP contribution in [-0.2, 0) is 20.9 Å². The van der Waals surface area contributed by atoms with Gasteiger partial charge in [-0.15, -0.1) is 6.58 Å². The van der Waals surface area contributed by atoms with E-state index in [4.69, 9.17) is 15.5 Å². The number of nitrogens with one attached hydrogen (secondary N) is 1. The molecular formula is C38H38N4O4. The van der Waals surface area contributed by atoms with Crippen molar-refractivity contribution in [3.05, 3.63) is 139 Å². The SMILES string of the molecule is C=CC[C@H](C(N)=O)[C@@H](CCC)C(=O)NC1N=C(c2ccccc2)c2ccccc2N(Cc2cccc(Oc3ccccc3)c2)C1=O. The average Bonchev–Trinajstić information content (AvgIpc) is 3.18. The highest BCUT2D eigenvalue weighted by Gasteiger charge is 2.37. The Balaban J connectivity index is 1.54. The molecule has 8 heteroatoms. The second-order valence-electron chi connectivity index (χ2n) is 11.2. The normalized spacial score (nSPS) is 15.5. The molecule has 234 valence electrons. The molecule has 3 amide bonds. The van der Waals surface area contributed by atoms with Crippen molar-refractivity contribution in [2.45, 2.75) is 38.9 Å². The predicted molar refractivity (Wildman–Crippen MR) is 180 cm³/mol. The third-order valence-corrected chi connectivity index (χ3v) is 7.96. The Labute approximate surface area is 269 Å². The number of nitrogens with two attached hydrogens (primary N) is 1. The van der Waals surface area contributed by atoms with Gasteiger partial charge in [-0.1, -0.05) is 98.3 Å². The van der Waals surface area contributed by atoms with Gasteiger partial charge in [0.2, 0.25) is 18.0 Å². The van der Waals surface area contributed by atoms with Crippen LogP contribution in [0.1, 0.15) is 42.9 Å². The number of carbonyl (C=O) groups excluding carboxylic acids is 3. The number of hydrogen-bond acceptors (Lipinski definition) is 5. The van der Waals surface area contributed by atoms with Crippen LogP contribution in [0.5, 0.6) is 11.5 Å². The summed E-state index contributed by atoms with van der Waals surface area (Å²) in [5, 5.41) is 2.90. The van der Waals surface area contributed by atoms with E-state index in [0.717, 1.165) is 16.7 Å². The number of benzene rings is 4. The number of aliphatic imine (C=N–C) groups is 1. The highest BCUT2D eigenvalue weighted by atomic mass is 16.5. The van der Waals surface area contributed by atoms with E-state index in [-0.39, 0.29) is 13.0 Å². The largest absolute Gasteiger partial charge is 0.457 e. The maximum atomic E-state index is 14.5. The first-order valence-corrected chi connectivity index (χ1v) is 15.5. The molecule has 0 saturated heterocycles. The summed E-state index contributed by atoms with van der Waals surface area (Å²) >= 11 is 0. The first kappa shape index (κ1) is 31.9. The molecule has 3 N–H and O–H groups in total. The number of anilines is 1. The number of para-hydroxylation sites is 2. The van der Waals surface area contributed by atoms with Crippen molar-refractivity contribution in [1.82, 2.24) is 5.32 Å². The Morgan fingerprint density at radius 2 is 1.61 bits per heavy atom. The van der Waals surface area contributed by atoms with E-state index in [1.165, 1.54) is 0 Å². The van der Waals surface area contributed by atoms with Crippen LogP contribution in [0.3, 0.4) is 0 Å². The van der Waals surface area contributed by atoms with E-state index >= 15 is 0 Å². The van der Waals surface area contributed by atoms with E-state index in [9.17, 15) is 14.4 Å². The van der Waals surface area contributed by atoms with Crippen LogP contribution in [0.4, 0.5) is 5.69 Å². The van der Waals surface area contributed by atoms with Gasteiger partial charge in [-0.2, -0.15) is 0 Å². The summed E-state index contributed by atoms with van der Waals surface area (Å²) in [7, 11) is 0. The van der Waals surface area contributed by atoms with Crippen LogP contribution in [0.25, 0.3) is 0 Å². The maximum Gasteiger partial charge on any atom is 0.272 e. The number of primary amides is 1. The van der Waals surface area contributed by atoms with Gasteiger partial charge in [0.25, 0.3) is 5.91 Å². The van der Waals surface area contributed by atoms with Gasteiger partial charge in [-0.05, 0) is 48.7 Å². The monoisotopic (exact) mass is 614 g/mol. The van der Waals surface area contributed by atoms with E-state index in [0.29, 0.717) is 35.7 Å². The molecule has 0 saturated carbocycles. The summed E-state index contributed by atoms with van der Waals surface area (Å²) in [5.74, 6) is -1.60. The molecule has 4 aromatic carbocycles. The molecule has 1 unspecified atom stereocenters. The lowest BCUT2D eigenvalue weighted by Crippen LogP contribution is -2.50. The molecule has 0 radical (unpaired) electrons. The summed E-state index contributed by atoms with van der Waals surface area (Å²) in [5.41, 5.74) is 9.33. The lowest BCUT2D eigenvalue weighted by molar-refractivity contribution is -0.135. The molecule has 0 spiro atoms. The Morgan fingerprint density at radius 1 is 0.935 bits per heavy atom. The highest BCUT2D eigenvalue weighted by Crippen LogP contribution is 2.31. The second-order valence-corrected chi connectivity index (χ2v) is 11.2. The molecule has 1 heterocycles. The van der Waals surface area contributed by atoms with Crippen LogP contribution < -0.4 is 20.7 Å². The minimum Gasteiger partial charge on any atom is -0.457 e. The van der Waals surface area contributed by atoms with Crippen molar-refractivity contribution in [1.29, 1.82) is 0 Å². The molecule has 1 aliphatic heterocycles. The third kappa shape index (κ3) is 7.41. The van der Waals surface area contributed by atoms with Gasteiger partial charge < -0.3 is 20.7 Å². The summed E-state index contributed by atoms with van der Waals surface area (Å²) in [6.07, 6.45) is 1.65. The van der Waals surface area contributed by atoms with Crippen LogP contribution in [0.2, 0.25) is 0 Å². The lowest BCUT2D eigenvalue weighted by Gasteiger charge is -2.28. The average molecular weight is 615 g/mol. The molecule has 0 aromatic heterocycles. The minimum absolute atomic E-state index is 0.199. The predicted octanol–water partition coefficient (Wildman–Crippen LogP) is 6.40. The van der Waals surface area contributed by atoms with Gasteiger partial charge in [-0.3, -0.25) is 14.4 Å². The van der Waals surface area contributed by atoms with Gasteiger partial charge in [0.15, 0.2) is 0 Å². The highest BCUT2D eigenvalue weighted by molar-refractivity contribution is 6.20. The van der Waals surface area contributed by atoms with Crippen LogP contribution in [-0.4, -0.2) is 29.6 Å². The fourth-order valence-corrected chi connectivity index (χ4v) is 5.75. The number of allylic oxidation sites excluding steroid dienone is 1. The summed E-state index contributed by atoms with van der Waals surface area (Å²) in [4.78, 5) is 47.3. The first-order valence-electron chi connectivity index (χ1n) is 15.5. The van der Waals surface area contributed by atoms with E-state index in [2.05, 4.69) is 11.9 Å². The van der Waals surface area contributed by atoms with Crippen LogP contribution in [0, 0.1) is 11.8 Å². The van der Waals surface area contributed by atoms with Crippen molar-refractivity contribution < 1.29 is 19.1 Å². The molecule has 0 aliphatic carbocycles. The van der Waals surface area contributed by atoms with Crippen LogP contribution in [0.15, 0.2) is 127 Å². The molecule has 0 bridgehead atoms. The molecule has 46 heavy (non-hydrogen) atoms. The Hall–Kier alpha value is -5.50. The van der Waals surface area contributed by atoms with Crippen molar-refractivity contribution in [3.63, 3.8) is 0 Å². The number of hydrogen-bond donors (Lipinski definition) is 2. The van der Waals surface area contributed by atoms with Crippen molar-refractivity contribution >= 4 is 29.1 Å². The number of benzodiazepines with no additional fused rings is 1. The topological polar surface area (TPSA) is 114 Å². The molecule has 1 aliphatic rings. The standard InChI is InChI=1S/C38H38N4O4/c1-3-14-30(35(39)43)31(15-4-2)37(44)41-36-38(45)42(25-26-16-13-21-29(24-26)46-28-19-9-6-10-20-28)33-23-12-11-22-32(33)34(40-36)27-17-7-5-8-18-27/h3,5-13,16-24,30-31,36H,1,4,14-15,25H2,2H3,(H2,39,43)(H,41,44)/t30-,31+,36?/m0/s1. The van der Waals surface area contributed by atoms with Crippen molar-refractivity contribution in [2.75, 3.05) is 4.90 Å². The Morgan fingerprint density at radius 3 is 2.30 bits per heavy atom. The molecule has 4 aromatic rings. The number of ether oxygens (including phenoxy) is 1. The minimum atomic E-state index is -1.25. The first-order chi connectivity index (χ1) is 22.4. The van der Waals surface area contributed by atoms with E-state index in [1.54, 1.807) is 11.0 Å². The molecule has 0 fully saturated rings. The third-order valence-electron chi connectivity index (χ3n) is 7.96. The van der Waals surface area contributed by atoms with Gasteiger partial charge in [0.05, 0.1) is 23.9 Å². The van der Waals surface area contributed by atoms with Crippen molar-refractivity contribution in [2.24, 2.45) is 22.6 Å². The number of nitrogens with zero attached hydrogens (tertiary/aromatic N) is 2. The van der Waals surface area contributed by atoms with Gasteiger partial charge in [0.1, 0.15) is 11.5 Å². The van der Waals surface area contributed by atoms with Gasteiger partial charge in [-0.25, -0.2) is 4.99 Å². The smallest absolute Gasteiger partial charge is 0.272 e. The maximum absolute atomic E-state index is 14.5. The molecule has 8 nitrogen and oxygen atoms in total. The summed E-state index contributed by atoms with van der Waals surface area (Å²) < 4.78 is 6.06. The Kier molecular flexibility index (Phi) is 10.4. The van der Waals surface area contributed by atoms with E-state index < -0.39 is 35.7 Å². The van der Waals surface area contributed by atoms with Crippen LogP contribution >= 0.6 is 0 Å². The summed E-state index contributed by atoms with van der Waals surface area (Å²) in [6, 6.07) is 34.2.